The average Bonchev–Trinajstić information content (AvgIpc) is 2.58. The fraction of sp³-hybridized carbons (Fsp3) is 0. The molecule has 112 valence electrons. The van der Waals surface area contributed by atoms with E-state index in [4.69, 9.17) is 5.26 Å². The van der Waals surface area contributed by atoms with Gasteiger partial charge in [-0.3, -0.25) is 0 Å². The van der Waals surface area contributed by atoms with Crippen molar-refractivity contribution in [2.45, 2.75) is 0 Å². The number of halogens is 2. The SMILES string of the molecule is N#Cc1cccc(Nc2ccc(-c3cccc(F)c3F)cn2)c1. The number of aromatic nitrogens is 1. The number of hydrogen-bond acceptors (Lipinski definition) is 3. The van der Waals surface area contributed by atoms with Crippen LogP contribution < -0.4 is 5.32 Å². The molecule has 0 fully saturated rings. The molecule has 0 spiro atoms. The van der Waals surface area contributed by atoms with Gasteiger partial charge in [0.2, 0.25) is 0 Å². The van der Waals surface area contributed by atoms with E-state index in [1.807, 2.05) is 6.07 Å². The van der Waals surface area contributed by atoms with Gasteiger partial charge >= 0.3 is 0 Å². The highest BCUT2D eigenvalue weighted by atomic mass is 19.2. The summed E-state index contributed by atoms with van der Waals surface area (Å²) in [6.07, 6.45) is 1.47. The minimum atomic E-state index is -0.892. The molecule has 0 bridgehead atoms. The number of nitrogens with one attached hydrogen (secondary N) is 1. The lowest BCUT2D eigenvalue weighted by atomic mass is 10.1. The Hall–Kier alpha value is -3.26. The van der Waals surface area contributed by atoms with E-state index in [1.54, 1.807) is 30.3 Å². The second-order valence-corrected chi connectivity index (χ2v) is 4.85. The predicted octanol–water partition coefficient (Wildman–Crippen LogP) is 4.64. The smallest absolute Gasteiger partial charge is 0.166 e. The van der Waals surface area contributed by atoms with Gasteiger partial charge in [-0.05, 0) is 36.4 Å². The van der Waals surface area contributed by atoms with Crippen molar-refractivity contribution in [2.24, 2.45) is 0 Å². The molecule has 2 aromatic carbocycles. The summed E-state index contributed by atoms with van der Waals surface area (Å²) in [5.41, 5.74) is 1.91. The highest BCUT2D eigenvalue weighted by Gasteiger charge is 2.10. The maximum Gasteiger partial charge on any atom is 0.166 e. The van der Waals surface area contributed by atoms with Gasteiger partial charge in [0.1, 0.15) is 5.82 Å². The quantitative estimate of drug-likeness (QED) is 0.766. The van der Waals surface area contributed by atoms with Crippen LogP contribution in [0, 0.1) is 23.0 Å². The zero-order chi connectivity index (χ0) is 16.2. The zero-order valence-electron chi connectivity index (χ0n) is 11.9. The van der Waals surface area contributed by atoms with Crippen molar-refractivity contribution >= 4 is 11.5 Å². The third kappa shape index (κ3) is 3.16. The molecule has 0 aliphatic carbocycles. The first kappa shape index (κ1) is 14.7. The summed E-state index contributed by atoms with van der Waals surface area (Å²) >= 11 is 0. The zero-order valence-corrected chi connectivity index (χ0v) is 11.9. The monoisotopic (exact) mass is 307 g/mol. The van der Waals surface area contributed by atoms with E-state index in [2.05, 4.69) is 16.4 Å². The molecule has 3 rings (SSSR count). The van der Waals surface area contributed by atoms with Gasteiger partial charge in [0.25, 0.3) is 0 Å². The molecule has 1 heterocycles. The standard InChI is InChI=1S/C18H11F2N3/c19-16-6-2-5-15(18(16)20)13-7-8-17(22-11-13)23-14-4-1-3-12(9-14)10-21/h1-9,11H,(H,22,23). The molecule has 0 radical (unpaired) electrons. The summed E-state index contributed by atoms with van der Waals surface area (Å²) in [7, 11) is 0. The molecule has 1 N–H and O–H groups in total. The summed E-state index contributed by atoms with van der Waals surface area (Å²) in [4.78, 5) is 4.19. The Morgan fingerprint density at radius 3 is 2.57 bits per heavy atom. The van der Waals surface area contributed by atoms with E-state index in [-0.39, 0.29) is 5.56 Å². The Morgan fingerprint density at radius 1 is 1.00 bits per heavy atom. The van der Waals surface area contributed by atoms with Gasteiger partial charge in [-0.2, -0.15) is 5.26 Å². The minimum Gasteiger partial charge on any atom is -0.340 e. The molecule has 1 aromatic heterocycles. The maximum absolute atomic E-state index is 13.8. The van der Waals surface area contributed by atoms with Crippen LogP contribution in [0.3, 0.4) is 0 Å². The molecular weight excluding hydrogens is 296 g/mol. The van der Waals surface area contributed by atoms with Crippen LogP contribution in [0.1, 0.15) is 5.56 Å². The molecule has 0 aliphatic rings. The lowest BCUT2D eigenvalue weighted by molar-refractivity contribution is 0.511. The van der Waals surface area contributed by atoms with Crippen molar-refractivity contribution in [3.05, 3.63) is 78.0 Å². The highest BCUT2D eigenvalue weighted by molar-refractivity contribution is 5.66. The first-order chi connectivity index (χ1) is 11.2. The van der Waals surface area contributed by atoms with Crippen molar-refractivity contribution in [3.8, 4) is 17.2 Å². The molecule has 0 saturated heterocycles. The third-order valence-corrected chi connectivity index (χ3v) is 3.29. The number of nitriles is 1. The molecule has 23 heavy (non-hydrogen) atoms. The summed E-state index contributed by atoms with van der Waals surface area (Å²) in [5.74, 6) is -1.24. The molecule has 0 unspecified atom stereocenters. The van der Waals surface area contributed by atoms with Crippen LogP contribution in [-0.2, 0) is 0 Å². The lowest BCUT2D eigenvalue weighted by Crippen LogP contribution is -1.95. The molecule has 0 saturated carbocycles. The van der Waals surface area contributed by atoms with Gasteiger partial charge in [0.15, 0.2) is 11.6 Å². The second kappa shape index (κ2) is 6.24. The summed E-state index contributed by atoms with van der Waals surface area (Å²) in [6, 6.07) is 16.4. The Morgan fingerprint density at radius 2 is 1.83 bits per heavy atom. The van der Waals surface area contributed by atoms with Crippen LogP contribution in [0.4, 0.5) is 20.3 Å². The predicted molar refractivity (Wildman–Crippen MR) is 84.0 cm³/mol. The molecule has 3 aromatic rings. The van der Waals surface area contributed by atoms with Crippen LogP contribution in [0.5, 0.6) is 0 Å². The number of rotatable bonds is 3. The number of pyridine rings is 1. The first-order valence-electron chi connectivity index (χ1n) is 6.85. The fourth-order valence-corrected chi connectivity index (χ4v) is 2.17. The van der Waals surface area contributed by atoms with E-state index in [9.17, 15) is 8.78 Å². The first-order valence-corrected chi connectivity index (χ1v) is 6.85. The average molecular weight is 307 g/mol. The van der Waals surface area contributed by atoms with Gasteiger partial charge in [-0.15, -0.1) is 0 Å². The van der Waals surface area contributed by atoms with E-state index >= 15 is 0 Å². The van der Waals surface area contributed by atoms with Gasteiger partial charge in [-0.1, -0.05) is 18.2 Å². The Balaban J connectivity index is 1.85. The van der Waals surface area contributed by atoms with Gasteiger partial charge < -0.3 is 5.32 Å². The third-order valence-electron chi connectivity index (χ3n) is 3.29. The van der Waals surface area contributed by atoms with Crippen LogP contribution in [0.15, 0.2) is 60.8 Å². The van der Waals surface area contributed by atoms with Crippen molar-refractivity contribution < 1.29 is 8.78 Å². The molecule has 0 amide bonds. The molecule has 3 nitrogen and oxygen atoms in total. The van der Waals surface area contributed by atoms with Crippen molar-refractivity contribution in [1.82, 2.24) is 4.98 Å². The van der Waals surface area contributed by atoms with E-state index in [0.717, 1.165) is 11.8 Å². The molecule has 0 aliphatic heterocycles. The second-order valence-electron chi connectivity index (χ2n) is 4.85. The van der Waals surface area contributed by atoms with Crippen molar-refractivity contribution in [3.63, 3.8) is 0 Å². The normalized spacial score (nSPS) is 10.1. The van der Waals surface area contributed by atoms with Gasteiger partial charge in [0, 0.05) is 23.0 Å². The Kier molecular flexibility index (Phi) is 3.98. The van der Waals surface area contributed by atoms with Crippen LogP contribution >= 0.6 is 0 Å². The lowest BCUT2D eigenvalue weighted by Gasteiger charge is -2.08. The Labute approximate surface area is 131 Å². The number of benzene rings is 2. The molecule has 5 heteroatoms. The topological polar surface area (TPSA) is 48.7 Å². The Bertz CT molecular complexity index is 884. The van der Waals surface area contributed by atoms with E-state index in [1.165, 1.54) is 18.3 Å². The van der Waals surface area contributed by atoms with E-state index < -0.39 is 11.6 Å². The van der Waals surface area contributed by atoms with Crippen molar-refractivity contribution in [2.75, 3.05) is 5.32 Å². The molecular formula is C18H11F2N3. The minimum absolute atomic E-state index is 0.163. The van der Waals surface area contributed by atoms with Crippen LogP contribution in [0.25, 0.3) is 11.1 Å². The van der Waals surface area contributed by atoms with Crippen LogP contribution in [0.2, 0.25) is 0 Å². The van der Waals surface area contributed by atoms with Crippen LogP contribution in [-0.4, -0.2) is 4.98 Å². The summed E-state index contributed by atoms with van der Waals surface area (Å²) < 4.78 is 27.0. The summed E-state index contributed by atoms with van der Waals surface area (Å²) in [5, 5.41) is 11.9. The maximum atomic E-state index is 13.8. The fourth-order valence-electron chi connectivity index (χ4n) is 2.17. The van der Waals surface area contributed by atoms with Crippen molar-refractivity contribution in [1.29, 1.82) is 5.26 Å². The van der Waals surface area contributed by atoms with Gasteiger partial charge in [0.05, 0.1) is 11.6 Å². The summed E-state index contributed by atoms with van der Waals surface area (Å²) in [6.45, 7) is 0. The number of hydrogen-bond donors (Lipinski definition) is 1. The number of anilines is 2. The van der Waals surface area contributed by atoms with Gasteiger partial charge in [-0.25, -0.2) is 13.8 Å². The highest BCUT2D eigenvalue weighted by Crippen LogP contribution is 2.25. The van der Waals surface area contributed by atoms with E-state index in [0.29, 0.717) is 16.9 Å². The largest absolute Gasteiger partial charge is 0.340 e. The molecule has 0 atom stereocenters. The number of nitrogens with zero attached hydrogens (tertiary/aromatic N) is 2.